The molecule has 1 aliphatic heterocycles. The van der Waals surface area contributed by atoms with Gasteiger partial charge in [-0.1, -0.05) is 18.2 Å². The molecule has 5 nitrogen and oxygen atoms in total. The van der Waals surface area contributed by atoms with Gasteiger partial charge in [-0.25, -0.2) is 26.3 Å². The fourth-order valence-electron chi connectivity index (χ4n) is 4.02. The van der Waals surface area contributed by atoms with E-state index in [1.54, 1.807) is 37.3 Å². The smallest absolute Gasteiger partial charge is 0.280 e. The normalized spacial score (nSPS) is 14.1. The lowest BCUT2D eigenvalue weighted by molar-refractivity contribution is -0.114. The van der Waals surface area contributed by atoms with Crippen molar-refractivity contribution < 1.29 is 40.6 Å². The highest BCUT2D eigenvalue weighted by atomic mass is 19.2. The van der Waals surface area contributed by atoms with Gasteiger partial charge in [0, 0.05) is 5.56 Å². The zero-order chi connectivity index (χ0) is 29.1. The van der Waals surface area contributed by atoms with Crippen molar-refractivity contribution in [1.82, 2.24) is 0 Å². The number of nitrogens with zero attached hydrogens (tertiary/aromatic N) is 2. The van der Waals surface area contributed by atoms with Crippen LogP contribution in [0.4, 0.5) is 32.0 Å². The molecule has 0 saturated carbocycles. The fourth-order valence-corrected chi connectivity index (χ4v) is 4.02. The molecule has 0 atom stereocenters. The van der Waals surface area contributed by atoms with Gasteiger partial charge in [0.25, 0.3) is 5.91 Å². The standard InChI is InChI=1S/C29H22F6N2O3/c1-4-6-18-11-17(13-21(39-5-2)28(18)40-14-16-7-9-19(30)10-8-16)12-20-15(3)36-37(29(20)38)27-25(34)23(32)22(31)24(33)26(27)35/h4,7-13H,1,5-6,14H2,2-3H3/b20-12+. The maximum atomic E-state index is 14.4. The summed E-state index contributed by atoms with van der Waals surface area (Å²) in [6.45, 7) is 7.21. The van der Waals surface area contributed by atoms with Crippen molar-refractivity contribution in [3.05, 3.63) is 106 Å². The molecule has 1 amide bonds. The molecule has 3 aromatic carbocycles. The first kappa shape index (κ1) is 28.5. The lowest BCUT2D eigenvalue weighted by atomic mass is 10.0. The maximum absolute atomic E-state index is 14.4. The van der Waals surface area contributed by atoms with Gasteiger partial charge >= 0.3 is 0 Å². The van der Waals surface area contributed by atoms with Crippen LogP contribution in [-0.2, 0) is 17.8 Å². The van der Waals surface area contributed by atoms with Gasteiger partial charge in [0.05, 0.1) is 17.9 Å². The summed E-state index contributed by atoms with van der Waals surface area (Å²) in [5.74, 6) is -11.9. The van der Waals surface area contributed by atoms with Crippen LogP contribution in [-0.4, -0.2) is 18.2 Å². The van der Waals surface area contributed by atoms with Crippen LogP contribution in [0.5, 0.6) is 11.5 Å². The van der Waals surface area contributed by atoms with Gasteiger partial charge < -0.3 is 9.47 Å². The summed E-state index contributed by atoms with van der Waals surface area (Å²) < 4.78 is 94.8. The second-order valence-corrected chi connectivity index (χ2v) is 8.63. The van der Waals surface area contributed by atoms with Crippen molar-refractivity contribution in [2.45, 2.75) is 26.9 Å². The van der Waals surface area contributed by atoms with Gasteiger partial charge in [0.2, 0.25) is 5.82 Å². The zero-order valence-corrected chi connectivity index (χ0v) is 21.3. The highest BCUT2D eigenvalue weighted by Gasteiger charge is 2.37. The minimum absolute atomic E-state index is 0.0196. The average molecular weight is 560 g/mol. The van der Waals surface area contributed by atoms with E-state index in [1.165, 1.54) is 25.1 Å². The van der Waals surface area contributed by atoms with Gasteiger partial charge in [-0.15, -0.1) is 6.58 Å². The number of rotatable bonds is 9. The van der Waals surface area contributed by atoms with Gasteiger partial charge in [0.15, 0.2) is 34.8 Å². The third-order valence-electron chi connectivity index (χ3n) is 5.89. The monoisotopic (exact) mass is 560 g/mol. The minimum atomic E-state index is -2.35. The molecule has 1 aliphatic rings. The Hall–Kier alpha value is -4.54. The molecular weight excluding hydrogens is 538 g/mol. The predicted molar refractivity (Wildman–Crippen MR) is 137 cm³/mol. The van der Waals surface area contributed by atoms with E-state index in [0.717, 1.165) is 0 Å². The second kappa shape index (κ2) is 11.7. The van der Waals surface area contributed by atoms with Crippen molar-refractivity contribution in [1.29, 1.82) is 0 Å². The van der Waals surface area contributed by atoms with Crippen LogP contribution in [0.1, 0.15) is 30.5 Å². The fraction of sp³-hybridized carbons (Fsp3) is 0.172. The molecule has 0 radical (unpaired) electrons. The molecule has 0 aromatic heterocycles. The topological polar surface area (TPSA) is 51.1 Å². The summed E-state index contributed by atoms with van der Waals surface area (Å²) in [5, 5.41) is 3.90. The first-order valence-electron chi connectivity index (χ1n) is 12.0. The number of ether oxygens (including phenoxy) is 2. The van der Waals surface area contributed by atoms with E-state index in [0.29, 0.717) is 34.6 Å². The summed E-state index contributed by atoms with van der Waals surface area (Å²) in [6, 6.07) is 8.99. The first-order chi connectivity index (χ1) is 19.1. The first-order valence-corrected chi connectivity index (χ1v) is 12.0. The van der Waals surface area contributed by atoms with Gasteiger partial charge in [0.1, 0.15) is 18.1 Å². The lowest BCUT2D eigenvalue weighted by Crippen LogP contribution is -2.25. The summed E-state index contributed by atoms with van der Waals surface area (Å²) in [5.41, 5.74) is 0.0927. The van der Waals surface area contributed by atoms with Crippen LogP contribution < -0.4 is 14.5 Å². The highest BCUT2D eigenvalue weighted by molar-refractivity contribution is 6.32. The quantitative estimate of drug-likeness (QED) is 0.0928. The Bertz CT molecular complexity index is 1520. The van der Waals surface area contributed by atoms with Gasteiger partial charge in [-0.05, 0) is 61.7 Å². The van der Waals surface area contributed by atoms with Crippen molar-refractivity contribution in [2.75, 3.05) is 11.6 Å². The Morgan fingerprint density at radius 1 is 0.925 bits per heavy atom. The van der Waals surface area contributed by atoms with Crippen LogP contribution >= 0.6 is 0 Å². The van der Waals surface area contributed by atoms with E-state index in [4.69, 9.17) is 9.47 Å². The molecule has 0 bridgehead atoms. The molecule has 208 valence electrons. The Labute approximate surface area is 225 Å². The van der Waals surface area contributed by atoms with Crippen molar-refractivity contribution >= 4 is 23.4 Å². The molecule has 0 N–H and O–H groups in total. The Kier molecular flexibility index (Phi) is 8.32. The van der Waals surface area contributed by atoms with Crippen LogP contribution in [0.2, 0.25) is 0 Å². The Balaban J connectivity index is 1.72. The molecule has 0 unspecified atom stereocenters. The Morgan fingerprint density at radius 3 is 2.15 bits per heavy atom. The van der Waals surface area contributed by atoms with Crippen molar-refractivity contribution in [2.24, 2.45) is 5.10 Å². The molecule has 0 aliphatic carbocycles. The number of amides is 1. The molecule has 0 spiro atoms. The average Bonchev–Trinajstić information content (AvgIpc) is 3.20. The molecule has 0 fully saturated rings. The van der Waals surface area contributed by atoms with Crippen LogP contribution in [0.25, 0.3) is 6.08 Å². The summed E-state index contributed by atoms with van der Waals surface area (Å²) in [4.78, 5) is 13.1. The SMILES string of the molecule is C=CCc1cc(/C=C2/C(=O)N(c3c(F)c(F)c(F)c(F)c3F)N=C2C)cc(OCC)c1OCc1ccc(F)cc1. The van der Waals surface area contributed by atoms with Crippen LogP contribution in [0, 0.1) is 34.9 Å². The molecule has 0 saturated heterocycles. The van der Waals surface area contributed by atoms with E-state index < -0.39 is 40.7 Å². The molecule has 4 rings (SSSR count). The number of hydrogen-bond donors (Lipinski definition) is 0. The minimum Gasteiger partial charge on any atom is -0.490 e. The van der Waals surface area contributed by atoms with Crippen LogP contribution in [0.3, 0.4) is 0 Å². The molecule has 40 heavy (non-hydrogen) atoms. The number of carbonyl (C=O) groups is 1. The summed E-state index contributed by atoms with van der Waals surface area (Å²) in [6.07, 6.45) is 3.30. The second-order valence-electron chi connectivity index (χ2n) is 8.63. The highest BCUT2D eigenvalue weighted by Crippen LogP contribution is 2.37. The van der Waals surface area contributed by atoms with E-state index in [2.05, 4.69) is 11.7 Å². The lowest BCUT2D eigenvalue weighted by Gasteiger charge is -2.17. The molecule has 11 heteroatoms. The van der Waals surface area contributed by atoms with E-state index >= 15 is 0 Å². The number of hydrazone groups is 1. The number of hydrogen-bond acceptors (Lipinski definition) is 4. The van der Waals surface area contributed by atoms with Crippen molar-refractivity contribution in [3.63, 3.8) is 0 Å². The van der Waals surface area contributed by atoms with Crippen molar-refractivity contribution in [3.8, 4) is 11.5 Å². The number of anilines is 1. The third kappa shape index (κ3) is 5.45. The largest absolute Gasteiger partial charge is 0.490 e. The van der Waals surface area contributed by atoms with Crippen LogP contribution in [0.15, 0.2) is 59.7 Å². The van der Waals surface area contributed by atoms with Gasteiger partial charge in [-0.3, -0.25) is 4.79 Å². The third-order valence-corrected chi connectivity index (χ3v) is 5.89. The summed E-state index contributed by atoms with van der Waals surface area (Å²) >= 11 is 0. The van der Waals surface area contributed by atoms with E-state index in [9.17, 15) is 31.1 Å². The number of carbonyl (C=O) groups excluding carboxylic acids is 1. The Morgan fingerprint density at radius 2 is 1.55 bits per heavy atom. The number of halogens is 6. The zero-order valence-electron chi connectivity index (χ0n) is 21.3. The number of allylic oxidation sites excluding steroid dienone is 1. The molecule has 1 heterocycles. The van der Waals surface area contributed by atoms with E-state index in [1.807, 2.05) is 0 Å². The molecule has 3 aromatic rings. The predicted octanol–water partition coefficient (Wildman–Crippen LogP) is 7.03. The molecular formula is C29H22F6N2O3. The maximum Gasteiger partial charge on any atom is 0.280 e. The van der Waals surface area contributed by atoms with Gasteiger partial charge in [-0.2, -0.15) is 10.1 Å². The van der Waals surface area contributed by atoms with E-state index in [-0.39, 0.29) is 35.3 Å². The summed E-state index contributed by atoms with van der Waals surface area (Å²) in [7, 11) is 0. The number of benzene rings is 3.